The third kappa shape index (κ3) is 5.85. The fourth-order valence-electron chi connectivity index (χ4n) is 5.01. The Morgan fingerprint density at radius 2 is 1.40 bits per heavy atom. The minimum Gasteiger partial charge on any atom is -0.462 e. The van der Waals surface area contributed by atoms with E-state index in [0.29, 0.717) is 38.6 Å². The van der Waals surface area contributed by atoms with Gasteiger partial charge in [-0.15, -0.1) is 0 Å². The maximum absolute atomic E-state index is 13.8. The summed E-state index contributed by atoms with van der Waals surface area (Å²) < 4.78 is 46.7. The van der Waals surface area contributed by atoms with E-state index in [0.717, 1.165) is 45.6 Å². The average Bonchev–Trinajstić information content (AvgIpc) is 2.95. The van der Waals surface area contributed by atoms with E-state index in [-0.39, 0.29) is 5.97 Å². The monoisotopic (exact) mass is 612 g/mol. The first kappa shape index (κ1) is 29.5. The molecule has 0 aliphatic rings. The first-order chi connectivity index (χ1) is 20.1. The van der Waals surface area contributed by atoms with Gasteiger partial charge in [-0.25, -0.2) is 4.79 Å². The molecule has 0 spiro atoms. The van der Waals surface area contributed by atoms with E-state index < -0.39 is 7.25 Å². The molecule has 0 unspecified atom stereocenters. The Morgan fingerprint density at radius 1 is 0.810 bits per heavy atom. The molecular weight excluding hydrogens is 590 g/mol. The molecule has 11 heteroatoms. The molecule has 4 nitrogen and oxygen atoms in total. The average molecular weight is 613 g/mol. The van der Waals surface area contributed by atoms with E-state index >= 15 is 0 Å². The van der Waals surface area contributed by atoms with Crippen molar-refractivity contribution in [3.05, 3.63) is 101 Å². The lowest BCUT2D eigenvalue weighted by Gasteiger charge is -2.12. The van der Waals surface area contributed by atoms with Crippen LogP contribution in [-0.4, -0.2) is 24.9 Å². The van der Waals surface area contributed by atoms with Crippen LogP contribution >= 0.6 is 23.2 Å². The lowest BCUT2D eigenvalue weighted by molar-refractivity contribution is -0.548. The Morgan fingerprint density at radius 3 is 2.14 bits per heavy atom. The highest BCUT2D eigenvalue weighted by molar-refractivity contribution is 6.50. The topological polar surface area (TPSA) is 43.3 Å². The SMILES string of the molecule is CCCCOC(=O)c1c2cccc(-c3ccccc3Cl)c2n[n+]2c3ccccc3c3c(Cl)cccc3c12.F[B-](F)(F)F. The van der Waals surface area contributed by atoms with Gasteiger partial charge in [0.1, 0.15) is 11.1 Å². The molecule has 2 aromatic heterocycles. The van der Waals surface area contributed by atoms with Gasteiger partial charge in [-0.05, 0) is 35.2 Å². The van der Waals surface area contributed by atoms with Crippen LogP contribution in [0.15, 0.2) is 84.9 Å². The first-order valence-corrected chi connectivity index (χ1v) is 13.9. The van der Waals surface area contributed by atoms with E-state index in [1.807, 2.05) is 89.4 Å². The molecule has 2 heterocycles. The van der Waals surface area contributed by atoms with Crippen molar-refractivity contribution in [3.63, 3.8) is 0 Å². The van der Waals surface area contributed by atoms with Crippen molar-refractivity contribution in [3.8, 4) is 11.1 Å². The van der Waals surface area contributed by atoms with Crippen LogP contribution < -0.4 is 4.52 Å². The van der Waals surface area contributed by atoms with Crippen LogP contribution in [0.4, 0.5) is 17.3 Å². The van der Waals surface area contributed by atoms with E-state index in [2.05, 4.69) is 6.92 Å². The Kier molecular flexibility index (Phi) is 8.52. The summed E-state index contributed by atoms with van der Waals surface area (Å²) in [6.07, 6.45) is 1.72. The normalized spacial score (nSPS) is 11.6. The van der Waals surface area contributed by atoms with Crippen LogP contribution in [0.3, 0.4) is 0 Å². The predicted molar refractivity (Wildman–Crippen MR) is 161 cm³/mol. The van der Waals surface area contributed by atoms with Gasteiger partial charge in [-0.3, -0.25) is 0 Å². The Bertz CT molecular complexity index is 1960. The number of esters is 1. The zero-order valence-electron chi connectivity index (χ0n) is 22.3. The summed E-state index contributed by atoms with van der Waals surface area (Å²) in [5, 5.41) is 9.76. The van der Waals surface area contributed by atoms with Gasteiger partial charge in [0, 0.05) is 43.1 Å². The molecule has 0 N–H and O–H groups in total. The molecule has 42 heavy (non-hydrogen) atoms. The number of carbonyl (C=O) groups excluding carboxylic acids is 1. The summed E-state index contributed by atoms with van der Waals surface area (Å²) in [6, 6.07) is 27.2. The second-order valence-electron chi connectivity index (χ2n) is 9.48. The van der Waals surface area contributed by atoms with Crippen molar-refractivity contribution in [2.75, 3.05) is 6.61 Å². The summed E-state index contributed by atoms with van der Waals surface area (Å²) in [5.74, 6) is -0.383. The molecule has 0 amide bonds. The molecule has 0 saturated heterocycles. The van der Waals surface area contributed by atoms with E-state index in [4.69, 9.17) is 33.0 Å². The van der Waals surface area contributed by atoms with Gasteiger partial charge in [0.2, 0.25) is 5.52 Å². The van der Waals surface area contributed by atoms with E-state index in [9.17, 15) is 22.1 Å². The molecule has 4 aromatic carbocycles. The molecule has 0 aliphatic heterocycles. The number of unbranched alkanes of at least 4 members (excludes halogenated alkanes) is 1. The summed E-state index contributed by atoms with van der Waals surface area (Å²) in [6.45, 7) is 2.42. The number of carbonyl (C=O) groups is 1. The van der Waals surface area contributed by atoms with Crippen molar-refractivity contribution >= 4 is 74.5 Å². The number of rotatable bonds is 5. The van der Waals surface area contributed by atoms with Crippen LogP contribution in [0.5, 0.6) is 0 Å². The van der Waals surface area contributed by atoms with E-state index in [1.54, 1.807) is 0 Å². The smallest absolute Gasteiger partial charge is 0.462 e. The molecule has 214 valence electrons. The standard InChI is InChI=1S/C31H23Cl2N2O2.BF4/c1-2-3-18-37-31(36)28-22-13-8-12-20(19-10-4-6-15-24(19)32)29(22)34-35-26-17-7-5-11-21(26)27-23(30(28)35)14-9-16-25(27)33;2-1(3,4)5/h4-17H,2-3,18H2,1H3;/q+1;-1. The fraction of sp³-hybridized carbons (Fsp3) is 0.129. The van der Waals surface area contributed by atoms with E-state index in [1.165, 1.54) is 0 Å². The largest absolute Gasteiger partial charge is 0.673 e. The Hall–Kier alpha value is -3.95. The predicted octanol–water partition coefficient (Wildman–Crippen LogP) is 9.51. The van der Waals surface area contributed by atoms with Crippen molar-refractivity contribution in [1.29, 1.82) is 0 Å². The quantitative estimate of drug-likeness (QED) is 0.0370. The lowest BCUT2D eigenvalue weighted by Crippen LogP contribution is -2.31. The van der Waals surface area contributed by atoms with Gasteiger partial charge in [0.05, 0.1) is 17.4 Å². The Labute approximate surface area is 248 Å². The minimum absolute atomic E-state index is 0.349. The number of pyridine rings is 1. The Balaban J connectivity index is 0.000000652. The van der Waals surface area contributed by atoms with Crippen LogP contribution in [0.25, 0.3) is 49.2 Å². The lowest BCUT2D eigenvalue weighted by atomic mass is 9.97. The fourth-order valence-corrected chi connectivity index (χ4v) is 5.52. The first-order valence-electron chi connectivity index (χ1n) is 13.2. The second-order valence-corrected chi connectivity index (χ2v) is 10.3. The van der Waals surface area contributed by atoms with Gasteiger partial charge in [-0.1, -0.05) is 91.1 Å². The van der Waals surface area contributed by atoms with Gasteiger partial charge in [0.25, 0.3) is 5.52 Å². The molecule has 0 saturated carbocycles. The third-order valence-corrected chi connectivity index (χ3v) is 7.37. The zero-order chi connectivity index (χ0) is 30.0. The summed E-state index contributed by atoms with van der Waals surface area (Å²) in [5.41, 5.74) is 4.34. The van der Waals surface area contributed by atoms with Crippen LogP contribution in [0, 0.1) is 0 Å². The maximum Gasteiger partial charge on any atom is 0.673 e. The summed E-state index contributed by atoms with van der Waals surface area (Å²) in [7, 11) is -6.00. The van der Waals surface area contributed by atoms with Crippen LogP contribution in [0.1, 0.15) is 30.1 Å². The van der Waals surface area contributed by atoms with Crippen LogP contribution in [0.2, 0.25) is 10.0 Å². The molecule has 0 bridgehead atoms. The van der Waals surface area contributed by atoms with Gasteiger partial charge < -0.3 is 22.0 Å². The maximum atomic E-state index is 13.8. The summed E-state index contributed by atoms with van der Waals surface area (Å²) in [4.78, 5) is 13.8. The molecule has 6 rings (SSSR count). The molecule has 6 aromatic rings. The van der Waals surface area contributed by atoms with Crippen molar-refractivity contribution in [1.82, 2.24) is 5.10 Å². The zero-order valence-corrected chi connectivity index (χ0v) is 23.8. The number of hydrogen-bond acceptors (Lipinski definition) is 3. The highest BCUT2D eigenvalue weighted by atomic mass is 35.5. The number of benzene rings is 4. The van der Waals surface area contributed by atoms with Crippen molar-refractivity contribution in [2.24, 2.45) is 0 Å². The van der Waals surface area contributed by atoms with Crippen molar-refractivity contribution < 1.29 is 31.3 Å². The number of nitrogens with zero attached hydrogens (tertiary/aromatic N) is 2. The third-order valence-electron chi connectivity index (χ3n) is 6.72. The second kappa shape index (κ2) is 12.1. The van der Waals surface area contributed by atoms with Crippen molar-refractivity contribution in [2.45, 2.75) is 19.8 Å². The molecule has 0 aliphatic carbocycles. The number of para-hydroxylation sites is 1. The number of hydrogen-bond donors (Lipinski definition) is 0. The minimum atomic E-state index is -6.00. The summed E-state index contributed by atoms with van der Waals surface area (Å²) >= 11 is 13.4. The number of aromatic nitrogens is 2. The highest BCUT2D eigenvalue weighted by Crippen LogP contribution is 2.37. The van der Waals surface area contributed by atoms with Gasteiger partial charge in [0.15, 0.2) is 0 Å². The molecular formula is C31H23BCl2F4N2O2. The molecule has 0 atom stereocenters. The van der Waals surface area contributed by atoms with Gasteiger partial charge >= 0.3 is 13.2 Å². The number of ether oxygens (including phenoxy) is 1. The molecule has 0 fully saturated rings. The van der Waals surface area contributed by atoms with Gasteiger partial charge in [-0.2, -0.15) is 0 Å². The molecule has 0 radical (unpaired) electrons. The van der Waals surface area contributed by atoms with Crippen LogP contribution in [-0.2, 0) is 4.74 Å². The highest BCUT2D eigenvalue weighted by Gasteiger charge is 2.30. The number of halogens is 6. The number of fused-ring (bicyclic) bond motifs is 7.